The van der Waals surface area contributed by atoms with Crippen LogP contribution in [0, 0.1) is 0 Å². The zero-order valence-electron chi connectivity index (χ0n) is 11.1. The summed E-state index contributed by atoms with van der Waals surface area (Å²) < 4.78 is 0. The van der Waals surface area contributed by atoms with Crippen LogP contribution in [-0.2, 0) is 0 Å². The van der Waals surface area contributed by atoms with E-state index in [1.165, 1.54) is 10.8 Å². The lowest BCUT2D eigenvalue weighted by Gasteiger charge is -2.09. The van der Waals surface area contributed by atoms with E-state index in [9.17, 15) is 0 Å². The summed E-state index contributed by atoms with van der Waals surface area (Å²) in [5.41, 5.74) is 3.88. The first-order chi connectivity index (χ1) is 9.16. The molecule has 4 heteroatoms. The predicted octanol–water partition coefficient (Wildman–Crippen LogP) is 3.05. The number of hydrogen-bond donors (Lipinski definition) is 2. The highest BCUT2D eigenvalue weighted by Crippen LogP contribution is 2.16. The van der Waals surface area contributed by atoms with Crippen molar-refractivity contribution in [2.24, 2.45) is 5.10 Å². The second kappa shape index (κ2) is 6.29. The van der Waals surface area contributed by atoms with Crippen molar-refractivity contribution in [3.63, 3.8) is 0 Å². The number of thiocarbonyl (C=S) groups is 1. The number of hydrazone groups is 1. The Labute approximate surface area is 118 Å². The van der Waals surface area contributed by atoms with Crippen LogP contribution in [0.2, 0.25) is 0 Å². The van der Waals surface area contributed by atoms with E-state index in [0.717, 1.165) is 5.56 Å². The SMILES string of the molecule is CC(C)NC(=S)N/N=C\c1cccc2ccccc12. The number of hydrogen-bond acceptors (Lipinski definition) is 2. The molecule has 0 unspecified atom stereocenters. The van der Waals surface area contributed by atoms with Gasteiger partial charge in [0.1, 0.15) is 0 Å². The fourth-order valence-electron chi connectivity index (χ4n) is 1.82. The average Bonchev–Trinajstić information content (AvgIpc) is 2.38. The van der Waals surface area contributed by atoms with Gasteiger partial charge in [0.2, 0.25) is 0 Å². The summed E-state index contributed by atoms with van der Waals surface area (Å²) in [4.78, 5) is 0. The van der Waals surface area contributed by atoms with Crippen molar-refractivity contribution >= 4 is 34.3 Å². The Bertz CT molecular complexity index is 600. The summed E-state index contributed by atoms with van der Waals surface area (Å²) >= 11 is 5.11. The van der Waals surface area contributed by atoms with Gasteiger partial charge in [-0.2, -0.15) is 5.10 Å². The van der Waals surface area contributed by atoms with Gasteiger partial charge in [0, 0.05) is 11.6 Å². The minimum Gasteiger partial charge on any atom is -0.359 e. The minimum atomic E-state index is 0.299. The van der Waals surface area contributed by atoms with Gasteiger partial charge in [-0.25, -0.2) is 0 Å². The fourth-order valence-corrected chi connectivity index (χ4v) is 2.11. The topological polar surface area (TPSA) is 36.4 Å². The number of nitrogens with one attached hydrogen (secondary N) is 2. The second-order valence-corrected chi connectivity index (χ2v) is 4.97. The van der Waals surface area contributed by atoms with E-state index in [2.05, 4.69) is 34.0 Å². The van der Waals surface area contributed by atoms with Crippen LogP contribution in [0.1, 0.15) is 19.4 Å². The van der Waals surface area contributed by atoms with Crippen molar-refractivity contribution in [1.29, 1.82) is 0 Å². The fraction of sp³-hybridized carbons (Fsp3) is 0.200. The molecule has 0 aliphatic carbocycles. The van der Waals surface area contributed by atoms with Gasteiger partial charge in [-0.3, -0.25) is 5.43 Å². The summed E-state index contributed by atoms with van der Waals surface area (Å²) in [6, 6.07) is 14.7. The molecule has 98 valence electrons. The van der Waals surface area contributed by atoms with E-state index in [1.807, 2.05) is 38.1 Å². The van der Waals surface area contributed by atoms with Crippen molar-refractivity contribution in [3.05, 3.63) is 48.0 Å². The van der Waals surface area contributed by atoms with Crippen molar-refractivity contribution in [2.75, 3.05) is 0 Å². The Hall–Kier alpha value is -1.94. The number of fused-ring (bicyclic) bond motifs is 1. The normalized spacial score (nSPS) is 11.1. The van der Waals surface area contributed by atoms with Crippen LogP contribution in [0.15, 0.2) is 47.6 Å². The van der Waals surface area contributed by atoms with E-state index in [0.29, 0.717) is 11.2 Å². The third kappa shape index (κ3) is 3.76. The Morgan fingerprint density at radius 3 is 2.68 bits per heavy atom. The quantitative estimate of drug-likeness (QED) is 0.512. The van der Waals surface area contributed by atoms with Gasteiger partial charge >= 0.3 is 0 Å². The van der Waals surface area contributed by atoms with Gasteiger partial charge in [0.15, 0.2) is 5.11 Å². The Morgan fingerprint density at radius 2 is 1.89 bits per heavy atom. The number of nitrogens with zero attached hydrogens (tertiary/aromatic N) is 1. The Balaban J connectivity index is 2.11. The molecule has 3 nitrogen and oxygen atoms in total. The zero-order chi connectivity index (χ0) is 13.7. The van der Waals surface area contributed by atoms with Crippen LogP contribution >= 0.6 is 12.2 Å². The van der Waals surface area contributed by atoms with Crippen LogP contribution < -0.4 is 10.7 Å². The van der Waals surface area contributed by atoms with Gasteiger partial charge in [-0.05, 0) is 36.8 Å². The molecule has 0 amide bonds. The molecule has 0 heterocycles. The average molecular weight is 271 g/mol. The number of rotatable bonds is 3. The third-order valence-corrected chi connectivity index (χ3v) is 2.82. The lowest BCUT2D eigenvalue weighted by molar-refractivity contribution is 0.720. The molecule has 0 atom stereocenters. The molecule has 0 radical (unpaired) electrons. The molecule has 0 saturated carbocycles. The van der Waals surface area contributed by atoms with Crippen LogP contribution in [0.4, 0.5) is 0 Å². The minimum absolute atomic E-state index is 0.299. The maximum atomic E-state index is 5.11. The van der Waals surface area contributed by atoms with E-state index >= 15 is 0 Å². The van der Waals surface area contributed by atoms with Crippen molar-refractivity contribution in [2.45, 2.75) is 19.9 Å². The van der Waals surface area contributed by atoms with Crippen LogP contribution in [0.3, 0.4) is 0 Å². The predicted molar refractivity (Wildman–Crippen MR) is 85.5 cm³/mol. The van der Waals surface area contributed by atoms with Gasteiger partial charge in [0.25, 0.3) is 0 Å². The highest BCUT2D eigenvalue weighted by molar-refractivity contribution is 7.80. The van der Waals surface area contributed by atoms with E-state index in [1.54, 1.807) is 6.21 Å². The molecule has 0 spiro atoms. The molecule has 19 heavy (non-hydrogen) atoms. The molecule has 0 aliphatic heterocycles. The monoisotopic (exact) mass is 271 g/mol. The smallest absolute Gasteiger partial charge is 0.187 e. The Morgan fingerprint density at radius 1 is 1.16 bits per heavy atom. The maximum Gasteiger partial charge on any atom is 0.187 e. The lowest BCUT2D eigenvalue weighted by Crippen LogP contribution is -2.36. The van der Waals surface area contributed by atoms with Gasteiger partial charge in [-0.1, -0.05) is 42.5 Å². The molecule has 0 saturated heterocycles. The Kier molecular flexibility index (Phi) is 4.47. The molecule has 2 N–H and O–H groups in total. The first-order valence-corrected chi connectivity index (χ1v) is 6.65. The third-order valence-electron chi connectivity index (χ3n) is 2.61. The molecular formula is C15H17N3S. The highest BCUT2D eigenvalue weighted by Gasteiger charge is 1.98. The van der Waals surface area contributed by atoms with Crippen molar-refractivity contribution < 1.29 is 0 Å². The lowest BCUT2D eigenvalue weighted by atomic mass is 10.1. The second-order valence-electron chi connectivity index (χ2n) is 4.57. The summed E-state index contributed by atoms with van der Waals surface area (Å²) in [5.74, 6) is 0. The molecule has 2 aromatic rings. The summed E-state index contributed by atoms with van der Waals surface area (Å²) in [6.45, 7) is 4.06. The first-order valence-electron chi connectivity index (χ1n) is 6.24. The highest BCUT2D eigenvalue weighted by atomic mass is 32.1. The molecule has 2 rings (SSSR count). The van der Waals surface area contributed by atoms with E-state index in [4.69, 9.17) is 12.2 Å². The van der Waals surface area contributed by atoms with Gasteiger partial charge in [0.05, 0.1) is 6.21 Å². The summed E-state index contributed by atoms with van der Waals surface area (Å²) in [6.07, 6.45) is 1.79. The molecule has 0 aliphatic rings. The number of benzene rings is 2. The van der Waals surface area contributed by atoms with E-state index < -0.39 is 0 Å². The maximum absolute atomic E-state index is 5.11. The van der Waals surface area contributed by atoms with Gasteiger partial charge < -0.3 is 5.32 Å². The summed E-state index contributed by atoms with van der Waals surface area (Å²) in [7, 11) is 0. The first kappa shape index (κ1) is 13.5. The van der Waals surface area contributed by atoms with Crippen LogP contribution in [-0.4, -0.2) is 17.4 Å². The van der Waals surface area contributed by atoms with E-state index in [-0.39, 0.29) is 0 Å². The van der Waals surface area contributed by atoms with Crippen LogP contribution in [0.25, 0.3) is 10.8 Å². The van der Waals surface area contributed by atoms with Gasteiger partial charge in [-0.15, -0.1) is 0 Å². The molecular weight excluding hydrogens is 254 g/mol. The molecule has 2 aromatic carbocycles. The zero-order valence-corrected chi connectivity index (χ0v) is 11.9. The molecule has 0 fully saturated rings. The van der Waals surface area contributed by atoms with Crippen molar-refractivity contribution in [1.82, 2.24) is 10.7 Å². The standard InChI is InChI=1S/C15H17N3S/c1-11(2)17-15(19)18-16-10-13-8-5-7-12-6-3-4-9-14(12)13/h3-11H,1-2H3,(H2,17,18,19)/b16-10-. The van der Waals surface area contributed by atoms with Crippen molar-refractivity contribution in [3.8, 4) is 0 Å². The molecule has 0 bridgehead atoms. The van der Waals surface area contributed by atoms with Crippen LogP contribution in [0.5, 0.6) is 0 Å². The largest absolute Gasteiger partial charge is 0.359 e. The summed E-state index contributed by atoms with van der Waals surface area (Å²) in [5, 5.41) is 10.2. The molecule has 0 aromatic heterocycles.